The molecule has 25 heavy (non-hydrogen) atoms. The third-order valence-corrected chi connectivity index (χ3v) is 4.28. The normalized spacial score (nSPS) is 16.7. The van der Waals surface area contributed by atoms with Crippen LogP contribution >= 0.6 is 0 Å². The molecule has 4 N–H and O–H groups in total. The number of aromatic hydroxyl groups is 1. The van der Waals surface area contributed by atoms with Crippen LogP contribution < -0.4 is 5.43 Å². The van der Waals surface area contributed by atoms with Crippen LogP contribution in [0.1, 0.15) is 52.2 Å². The molecule has 134 valence electrons. The van der Waals surface area contributed by atoms with Gasteiger partial charge in [-0.3, -0.25) is 5.41 Å². The van der Waals surface area contributed by atoms with E-state index in [1.807, 2.05) is 24.3 Å². The van der Waals surface area contributed by atoms with E-state index in [4.69, 9.17) is 5.41 Å². The molecule has 4 heteroatoms. The highest BCUT2D eigenvalue weighted by Crippen LogP contribution is 2.37. The molecule has 0 saturated carbocycles. The molecule has 1 aromatic rings. The summed E-state index contributed by atoms with van der Waals surface area (Å²) in [5, 5.41) is 22.4. The van der Waals surface area contributed by atoms with Gasteiger partial charge in [-0.15, -0.1) is 0 Å². The smallest absolute Gasteiger partial charge is 0.143 e. The number of phenolic OH excluding ortho intramolecular Hbond substituents is 1. The van der Waals surface area contributed by atoms with Gasteiger partial charge in [0, 0.05) is 0 Å². The first-order valence-electron chi connectivity index (χ1n) is 8.74. The SMILES string of the molecule is CC(C)(C)CC(C)(C)c1ccc(O)c(C[NH2+]N=C2C=CC=CC2=N)c1. The summed E-state index contributed by atoms with van der Waals surface area (Å²) in [4.78, 5) is 0. The molecular formula is C21H30N3O+. The highest BCUT2D eigenvalue weighted by atomic mass is 16.3. The molecule has 0 aliphatic heterocycles. The standard InChI is InChI=1S/C21H29N3O/c1-20(2,3)14-21(4,5)16-10-11-19(25)15(12-16)13-23-24-18-9-7-6-8-17(18)22/h6-12,22-23,25H,13-14H2,1-5H3/p+1. The zero-order chi connectivity index (χ0) is 18.7. The molecule has 0 saturated heterocycles. The van der Waals surface area contributed by atoms with Gasteiger partial charge in [0.25, 0.3) is 0 Å². The predicted octanol–water partition coefficient (Wildman–Crippen LogP) is 3.67. The molecular weight excluding hydrogens is 310 g/mol. The second-order valence-electron chi connectivity index (χ2n) is 8.50. The van der Waals surface area contributed by atoms with E-state index in [1.165, 1.54) is 5.56 Å². The van der Waals surface area contributed by atoms with Crippen molar-refractivity contribution in [2.45, 2.75) is 53.0 Å². The fourth-order valence-electron chi connectivity index (χ4n) is 3.43. The van der Waals surface area contributed by atoms with Gasteiger partial charge < -0.3 is 5.11 Å². The molecule has 0 unspecified atom stereocenters. The Hall–Kier alpha value is -2.20. The van der Waals surface area contributed by atoms with Crippen molar-refractivity contribution in [3.63, 3.8) is 0 Å². The summed E-state index contributed by atoms with van der Waals surface area (Å²) in [7, 11) is 0. The number of nitrogens with two attached hydrogens (primary N) is 1. The Balaban J connectivity index is 2.14. The number of hydrogen-bond donors (Lipinski definition) is 3. The van der Waals surface area contributed by atoms with Gasteiger partial charge >= 0.3 is 0 Å². The van der Waals surface area contributed by atoms with Gasteiger partial charge in [0.15, 0.2) is 0 Å². The lowest BCUT2D eigenvalue weighted by Crippen LogP contribution is -2.76. The molecule has 0 fully saturated rings. The van der Waals surface area contributed by atoms with Gasteiger partial charge in [-0.25, -0.2) is 5.43 Å². The summed E-state index contributed by atoms with van der Waals surface area (Å²) in [5.74, 6) is 0.293. The van der Waals surface area contributed by atoms with Gasteiger partial charge in [-0.2, -0.15) is 0 Å². The maximum Gasteiger partial charge on any atom is 0.143 e. The van der Waals surface area contributed by atoms with Crippen LogP contribution in [0.3, 0.4) is 0 Å². The summed E-state index contributed by atoms with van der Waals surface area (Å²) in [5.41, 5.74) is 5.18. The van der Waals surface area contributed by atoms with Crippen LogP contribution in [0.15, 0.2) is 47.6 Å². The average Bonchev–Trinajstić information content (AvgIpc) is 2.48. The molecule has 0 aromatic heterocycles. The van der Waals surface area contributed by atoms with E-state index >= 15 is 0 Å². The van der Waals surface area contributed by atoms with E-state index in [2.05, 4.69) is 45.8 Å². The van der Waals surface area contributed by atoms with Crippen molar-refractivity contribution < 1.29 is 10.5 Å². The number of benzene rings is 1. The van der Waals surface area contributed by atoms with Crippen LogP contribution in [0, 0.1) is 10.8 Å². The monoisotopic (exact) mass is 340 g/mol. The Morgan fingerprint density at radius 2 is 1.76 bits per heavy atom. The minimum atomic E-state index is 0.0334. The van der Waals surface area contributed by atoms with E-state index in [1.54, 1.807) is 17.6 Å². The van der Waals surface area contributed by atoms with Crippen molar-refractivity contribution in [1.29, 1.82) is 5.41 Å². The number of allylic oxidation sites excluding steroid dienone is 4. The summed E-state index contributed by atoms with van der Waals surface area (Å²) < 4.78 is 0. The van der Waals surface area contributed by atoms with E-state index in [9.17, 15) is 5.11 Å². The van der Waals surface area contributed by atoms with E-state index in [0.717, 1.165) is 12.0 Å². The van der Waals surface area contributed by atoms with Crippen molar-refractivity contribution in [2.24, 2.45) is 10.5 Å². The maximum atomic E-state index is 10.2. The molecule has 2 rings (SSSR count). The Kier molecular flexibility index (Phi) is 5.63. The minimum absolute atomic E-state index is 0.0334. The fraction of sp³-hybridized carbons (Fsp3) is 0.429. The van der Waals surface area contributed by atoms with Crippen molar-refractivity contribution in [3.8, 4) is 5.75 Å². The second kappa shape index (κ2) is 7.36. The number of nitrogens with zero attached hydrogens (tertiary/aromatic N) is 1. The molecule has 0 bridgehead atoms. The molecule has 1 aromatic carbocycles. The molecule has 0 atom stereocenters. The zero-order valence-electron chi connectivity index (χ0n) is 15.9. The molecule has 0 radical (unpaired) electrons. The molecule has 4 nitrogen and oxygen atoms in total. The third-order valence-electron chi connectivity index (χ3n) is 4.28. The fourth-order valence-corrected chi connectivity index (χ4v) is 3.43. The van der Waals surface area contributed by atoms with Gasteiger partial charge in [0.1, 0.15) is 18.0 Å². The second-order valence-corrected chi connectivity index (χ2v) is 8.50. The van der Waals surface area contributed by atoms with Crippen LogP contribution in [0.4, 0.5) is 0 Å². The van der Waals surface area contributed by atoms with E-state index < -0.39 is 0 Å². The topological polar surface area (TPSA) is 73.1 Å². The van der Waals surface area contributed by atoms with Crippen molar-refractivity contribution in [2.75, 3.05) is 0 Å². The Labute approximate surface area is 150 Å². The third kappa shape index (κ3) is 5.40. The number of nitrogens with one attached hydrogen (secondary N) is 1. The lowest BCUT2D eigenvalue weighted by molar-refractivity contribution is -0.676. The maximum absolute atomic E-state index is 10.2. The van der Waals surface area contributed by atoms with Gasteiger partial charge in [-0.05, 0) is 47.1 Å². The number of quaternary nitrogens is 1. The molecule has 0 spiro atoms. The summed E-state index contributed by atoms with van der Waals surface area (Å²) >= 11 is 0. The lowest BCUT2D eigenvalue weighted by atomic mass is 9.72. The van der Waals surface area contributed by atoms with Crippen LogP contribution in [-0.2, 0) is 12.0 Å². The average molecular weight is 340 g/mol. The van der Waals surface area contributed by atoms with Crippen molar-refractivity contribution >= 4 is 11.4 Å². The molecule has 0 heterocycles. The first kappa shape index (κ1) is 19.1. The first-order valence-corrected chi connectivity index (χ1v) is 8.74. The van der Waals surface area contributed by atoms with Crippen LogP contribution in [0.2, 0.25) is 0 Å². The summed E-state index contributed by atoms with van der Waals surface area (Å²) in [6.07, 6.45) is 8.30. The van der Waals surface area contributed by atoms with Gasteiger partial charge in [-0.1, -0.05) is 57.9 Å². The molecule has 1 aliphatic carbocycles. The minimum Gasteiger partial charge on any atom is -0.507 e. The summed E-state index contributed by atoms with van der Waals surface area (Å²) in [6, 6.07) is 5.88. The summed E-state index contributed by atoms with van der Waals surface area (Å²) in [6.45, 7) is 11.8. The van der Waals surface area contributed by atoms with E-state index in [0.29, 0.717) is 23.7 Å². The Bertz CT molecular complexity index is 734. The van der Waals surface area contributed by atoms with Crippen molar-refractivity contribution in [1.82, 2.24) is 0 Å². The quantitative estimate of drug-likeness (QED) is 0.427. The number of rotatable bonds is 5. The highest BCUT2D eigenvalue weighted by Gasteiger charge is 2.27. The number of hydrogen-bond acceptors (Lipinski definition) is 3. The molecule has 1 aliphatic rings. The zero-order valence-corrected chi connectivity index (χ0v) is 15.9. The van der Waals surface area contributed by atoms with Crippen LogP contribution in [-0.4, -0.2) is 16.5 Å². The van der Waals surface area contributed by atoms with Crippen LogP contribution in [0.25, 0.3) is 0 Å². The highest BCUT2D eigenvalue weighted by molar-refractivity contribution is 6.49. The Morgan fingerprint density at radius 3 is 2.40 bits per heavy atom. The van der Waals surface area contributed by atoms with Gasteiger partial charge in [0.2, 0.25) is 0 Å². The lowest BCUT2D eigenvalue weighted by Gasteiger charge is -2.33. The van der Waals surface area contributed by atoms with E-state index in [-0.39, 0.29) is 10.8 Å². The van der Waals surface area contributed by atoms with Gasteiger partial charge in [0.05, 0.1) is 11.3 Å². The first-order chi connectivity index (χ1) is 11.6. The van der Waals surface area contributed by atoms with Crippen molar-refractivity contribution in [3.05, 3.63) is 53.6 Å². The largest absolute Gasteiger partial charge is 0.507 e. The predicted molar refractivity (Wildman–Crippen MR) is 104 cm³/mol. The molecule has 0 amide bonds. The Morgan fingerprint density at radius 1 is 1.08 bits per heavy atom. The van der Waals surface area contributed by atoms with Crippen LogP contribution in [0.5, 0.6) is 5.75 Å². The number of phenols is 1.